The van der Waals surface area contributed by atoms with Crippen LogP contribution in [0.4, 0.5) is 5.69 Å². The number of amides is 1. The monoisotopic (exact) mass is 470 g/mol. The molecule has 0 bridgehead atoms. The third kappa shape index (κ3) is 4.32. The highest BCUT2D eigenvalue weighted by Crippen LogP contribution is 2.39. The molecule has 3 aromatic rings. The number of nitrogens with one attached hydrogen (secondary N) is 1. The lowest BCUT2D eigenvalue weighted by Gasteiger charge is -2.24. The number of benzene rings is 2. The van der Waals surface area contributed by atoms with Crippen LogP contribution in [0.3, 0.4) is 0 Å². The molecular formula is C23H26N4O3S2. The lowest BCUT2D eigenvalue weighted by Crippen LogP contribution is -2.31. The van der Waals surface area contributed by atoms with Crippen molar-refractivity contribution >= 4 is 33.0 Å². The molecule has 1 aliphatic heterocycles. The zero-order valence-corrected chi connectivity index (χ0v) is 20.2. The molecule has 0 unspecified atom stereocenters. The van der Waals surface area contributed by atoms with E-state index in [1.54, 1.807) is 0 Å². The van der Waals surface area contributed by atoms with Gasteiger partial charge in [0.2, 0.25) is 15.0 Å². The number of hydrogen-bond acceptors (Lipinski definition) is 6. The maximum Gasteiger partial charge on any atom is 0.286 e. The highest BCUT2D eigenvalue weighted by Gasteiger charge is 2.39. The quantitative estimate of drug-likeness (QED) is 0.591. The van der Waals surface area contributed by atoms with Crippen molar-refractivity contribution in [2.24, 2.45) is 0 Å². The van der Waals surface area contributed by atoms with Gasteiger partial charge in [-0.1, -0.05) is 46.7 Å². The third-order valence-corrected chi connectivity index (χ3v) is 8.84. The van der Waals surface area contributed by atoms with Crippen LogP contribution in [0.1, 0.15) is 55.9 Å². The molecule has 0 radical (unpaired) electrons. The zero-order chi connectivity index (χ0) is 23.0. The van der Waals surface area contributed by atoms with Gasteiger partial charge < -0.3 is 5.32 Å². The van der Waals surface area contributed by atoms with E-state index in [9.17, 15) is 13.2 Å². The van der Waals surface area contributed by atoms with Crippen molar-refractivity contribution in [3.8, 4) is 0 Å². The summed E-state index contributed by atoms with van der Waals surface area (Å²) in [4.78, 5) is 13.0. The van der Waals surface area contributed by atoms with E-state index < -0.39 is 16.1 Å². The predicted octanol–water partition coefficient (Wildman–Crippen LogP) is 4.55. The van der Waals surface area contributed by atoms with Crippen molar-refractivity contribution in [2.45, 2.75) is 51.5 Å². The Balaban J connectivity index is 1.59. The van der Waals surface area contributed by atoms with Gasteiger partial charge in [-0.3, -0.25) is 4.79 Å². The number of carbonyl (C=O) groups excluding carboxylic acids is 1. The number of sulfonamides is 1. The minimum Gasteiger partial charge on any atom is -0.320 e. The van der Waals surface area contributed by atoms with Gasteiger partial charge in [0.15, 0.2) is 0 Å². The van der Waals surface area contributed by atoms with Crippen LogP contribution in [-0.4, -0.2) is 35.4 Å². The third-order valence-electron chi connectivity index (χ3n) is 5.60. The number of anilines is 1. The van der Waals surface area contributed by atoms with Crippen LogP contribution < -0.4 is 5.32 Å². The first-order chi connectivity index (χ1) is 15.2. The molecule has 9 heteroatoms. The van der Waals surface area contributed by atoms with Gasteiger partial charge in [0.1, 0.15) is 5.01 Å². The Morgan fingerprint density at radius 3 is 2.34 bits per heavy atom. The number of nitrogens with zero attached hydrogens (tertiary/aromatic N) is 3. The summed E-state index contributed by atoms with van der Waals surface area (Å²) < 4.78 is 28.7. The Bertz CT molecular complexity index is 1240. The summed E-state index contributed by atoms with van der Waals surface area (Å²) in [5, 5.41) is 11.8. The molecular weight excluding hydrogens is 444 g/mol. The largest absolute Gasteiger partial charge is 0.320 e. The maximum atomic E-state index is 13.6. The van der Waals surface area contributed by atoms with E-state index in [1.165, 1.54) is 4.31 Å². The molecule has 1 atom stereocenters. The average Bonchev–Trinajstić information content (AvgIpc) is 3.38. The number of hydrogen-bond donors (Lipinski definition) is 1. The maximum absolute atomic E-state index is 13.6. The molecule has 2 aromatic carbocycles. The van der Waals surface area contributed by atoms with E-state index in [0.717, 1.165) is 40.0 Å². The minimum atomic E-state index is -3.71. The van der Waals surface area contributed by atoms with Gasteiger partial charge >= 0.3 is 0 Å². The second-order valence-corrected chi connectivity index (χ2v) is 11.1. The van der Waals surface area contributed by atoms with Crippen LogP contribution >= 0.6 is 11.3 Å². The lowest BCUT2D eigenvalue weighted by molar-refractivity contribution is 0.102. The molecule has 0 spiro atoms. The normalized spacial score (nSPS) is 16.9. The van der Waals surface area contributed by atoms with Crippen molar-refractivity contribution in [2.75, 3.05) is 11.9 Å². The van der Waals surface area contributed by atoms with Crippen molar-refractivity contribution in [1.82, 2.24) is 14.5 Å². The molecule has 0 saturated carbocycles. The Morgan fingerprint density at radius 1 is 1.03 bits per heavy atom. The molecule has 7 nitrogen and oxygen atoms in total. The summed E-state index contributed by atoms with van der Waals surface area (Å²) in [7, 11) is -3.71. The molecule has 1 N–H and O–H groups in total. The fourth-order valence-corrected chi connectivity index (χ4v) is 7.28. The second-order valence-electron chi connectivity index (χ2n) is 8.27. The molecule has 1 aliphatic rings. The van der Waals surface area contributed by atoms with E-state index in [4.69, 9.17) is 0 Å². The number of aromatic nitrogens is 2. The Hall–Kier alpha value is -2.62. The molecule has 32 heavy (non-hydrogen) atoms. The van der Waals surface area contributed by atoms with Crippen LogP contribution in [0.5, 0.6) is 0 Å². The molecule has 1 amide bonds. The van der Waals surface area contributed by atoms with E-state index in [2.05, 4.69) is 15.5 Å². The van der Waals surface area contributed by atoms with Gasteiger partial charge in [0.05, 0.1) is 10.9 Å². The summed E-state index contributed by atoms with van der Waals surface area (Å²) in [6.45, 7) is 8.01. The molecule has 168 valence electrons. The highest BCUT2D eigenvalue weighted by atomic mass is 32.2. The Labute approximate surface area is 192 Å². The summed E-state index contributed by atoms with van der Waals surface area (Å²) in [5.41, 5.74) is 4.29. The Kier molecular flexibility index (Phi) is 6.15. The first-order valence-corrected chi connectivity index (χ1v) is 12.7. The minimum absolute atomic E-state index is 0.215. The fourth-order valence-electron chi connectivity index (χ4n) is 4.25. The first-order valence-electron chi connectivity index (χ1n) is 10.5. The van der Waals surface area contributed by atoms with Gasteiger partial charge in [-0.2, -0.15) is 4.31 Å². The highest BCUT2D eigenvalue weighted by molar-refractivity contribution is 7.89. The van der Waals surface area contributed by atoms with Gasteiger partial charge in [-0.15, -0.1) is 10.2 Å². The zero-order valence-electron chi connectivity index (χ0n) is 18.5. The summed E-state index contributed by atoms with van der Waals surface area (Å²) in [5.74, 6) is -0.352. The van der Waals surface area contributed by atoms with E-state index >= 15 is 0 Å². The second kappa shape index (κ2) is 8.73. The Morgan fingerprint density at radius 2 is 1.69 bits per heavy atom. The van der Waals surface area contributed by atoms with Crippen molar-refractivity contribution in [3.63, 3.8) is 0 Å². The van der Waals surface area contributed by atoms with Gasteiger partial charge in [-0.25, -0.2) is 8.42 Å². The number of aryl methyl sites for hydroxylation is 4. The van der Waals surface area contributed by atoms with E-state index in [-0.39, 0.29) is 10.9 Å². The summed E-state index contributed by atoms with van der Waals surface area (Å²) >= 11 is 1.15. The SMILES string of the molecule is Cc1ccc(NC(=O)c2nnc([C@H]3CCCN3S(=O)(=O)c3c(C)cc(C)cc3C)s2)cc1. The van der Waals surface area contributed by atoms with Crippen LogP contribution in [0, 0.1) is 27.7 Å². The number of carbonyl (C=O) groups is 1. The van der Waals surface area contributed by atoms with Gasteiger partial charge in [0.25, 0.3) is 5.91 Å². The molecule has 0 aliphatic carbocycles. The van der Waals surface area contributed by atoms with Gasteiger partial charge in [0, 0.05) is 12.2 Å². The fraction of sp³-hybridized carbons (Fsp3) is 0.348. The summed E-state index contributed by atoms with van der Waals surface area (Å²) in [6, 6.07) is 10.8. The van der Waals surface area contributed by atoms with Crippen LogP contribution in [0.2, 0.25) is 0 Å². The summed E-state index contributed by atoms with van der Waals surface area (Å²) in [6.07, 6.45) is 1.38. The predicted molar refractivity (Wildman–Crippen MR) is 126 cm³/mol. The van der Waals surface area contributed by atoms with Crippen molar-refractivity contribution < 1.29 is 13.2 Å². The van der Waals surface area contributed by atoms with Crippen LogP contribution in [-0.2, 0) is 10.0 Å². The van der Waals surface area contributed by atoms with E-state index in [0.29, 0.717) is 28.6 Å². The molecule has 1 saturated heterocycles. The standard InChI is InChI=1S/C23H26N4O3S2/c1-14-7-9-18(10-8-14)24-21(28)23-26-25-22(31-23)19-6-5-11-27(19)32(29,30)20-16(3)12-15(2)13-17(20)4/h7-10,12-13,19H,5-6,11H2,1-4H3,(H,24,28)/t19-/m1/s1. The van der Waals surface area contributed by atoms with E-state index in [1.807, 2.05) is 64.1 Å². The molecule has 1 fully saturated rings. The molecule has 4 rings (SSSR count). The van der Waals surface area contributed by atoms with Crippen LogP contribution in [0.15, 0.2) is 41.3 Å². The first kappa shape index (κ1) is 22.6. The van der Waals surface area contributed by atoms with Crippen molar-refractivity contribution in [3.05, 3.63) is 68.7 Å². The lowest BCUT2D eigenvalue weighted by atomic mass is 10.1. The van der Waals surface area contributed by atoms with Gasteiger partial charge in [-0.05, 0) is 63.8 Å². The molecule has 1 aromatic heterocycles. The average molecular weight is 471 g/mol. The number of rotatable bonds is 5. The van der Waals surface area contributed by atoms with Crippen molar-refractivity contribution in [1.29, 1.82) is 0 Å². The van der Waals surface area contributed by atoms with Crippen LogP contribution in [0.25, 0.3) is 0 Å². The smallest absolute Gasteiger partial charge is 0.286 e. The topological polar surface area (TPSA) is 92.3 Å². The molecule has 2 heterocycles.